The Kier molecular flexibility index (Phi) is 6.21. The van der Waals surface area contributed by atoms with Crippen molar-refractivity contribution in [1.82, 2.24) is 10.2 Å². The van der Waals surface area contributed by atoms with Crippen molar-refractivity contribution in [3.05, 3.63) is 35.9 Å². The van der Waals surface area contributed by atoms with Crippen molar-refractivity contribution in [2.24, 2.45) is 5.73 Å². The molecule has 3 rings (SSSR count). The van der Waals surface area contributed by atoms with Crippen LogP contribution in [-0.2, 0) is 25.6 Å². The van der Waals surface area contributed by atoms with Crippen LogP contribution < -0.4 is 11.1 Å². The molecule has 2 fully saturated rings. The Morgan fingerprint density at radius 1 is 1.17 bits per heavy atom. The van der Waals surface area contributed by atoms with Crippen LogP contribution in [0.25, 0.3) is 0 Å². The lowest BCUT2D eigenvalue weighted by Crippen LogP contribution is -2.71. The number of rotatable bonds is 4. The first kappa shape index (κ1) is 21.9. The maximum absolute atomic E-state index is 12.8. The Hall–Kier alpha value is -2.81. The standard InChI is InChI=1S/C21H29N3O6/c1-20(2,3)30-18(26)23-21(17(22)25)9-15-12-28-13-16(10-21)24(15)19(27)29-11-14-7-5-4-6-8-14/h4-8,15-16H,9-13H2,1-3H3,(H2,22,25)(H,23,26). The molecular formula is C21H29N3O6. The average Bonchev–Trinajstić information content (AvgIpc) is 2.64. The molecule has 1 aromatic rings. The molecular weight excluding hydrogens is 390 g/mol. The highest BCUT2D eigenvalue weighted by atomic mass is 16.6. The Morgan fingerprint density at radius 2 is 1.77 bits per heavy atom. The lowest BCUT2D eigenvalue weighted by atomic mass is 9.78. The first-order chi connectivity index (χ1) is 14.1. The smallest absolute Gasteiger partial charge is 0.410 e. The number of nitrogens with zero attached hydrogens (tertiary/aromatic N) is 1. The van der Waals surface area contributed by atoms with Crippen molar-refractivity contribution >= 4 is 18.1 Å². The molecule has 0 radical (unpaired) electrons. The molecule has 2 unspecified atom stereocenters. The predicted octanol–water partition coefficient (Wildman–Crippen LogP) is 1.94. The van der Waals surface area contributed by atoms with Crippen LogP contribution in [0.3, 0.4) is 0 Å². The summed E-state index contributed by atoms with van der Waals surface area (Å²) < 4.78 is 16.4. The molecule has 2 heterocycles. The van der Waals surface area contributed by atoms with E-state index in [1.54, 1.807) is 25.7 Å². The van der Waals surface area contributed by atoms with Gasteiger partial charge in [-0.05, 0) is 26.3 Å². The molecule has 0 aromatic heterocycles. The molecule has 3 N–H and O–H groups in total. The second-order valence-corrected chi connectivity index (χ2v) is 8.77. The van der Waals surface area contributed by atoms with E-state index >= 15 is 0 Å². The number of carbonyl (C=O) groups excluding carboxylic acids is 3. The number of hydrogen-bond acceptors (Lipinski definition) is 6. The summed E-state index contributed by atoms with van der Waals surface area (Å²) in [6.45, 7) is 5.80. The number of piperidine rings is 1. The molecule has 0 aliphatic carbocycles. The van der Waals surface area contributed by atoms with E-state index in [4.69, 9.17) is 19.9 Å². The minimum atomic E-state index is -1.32. The summed E-state index contributed by atoms with van der Waals surface area (Å²) in [7, 11) is 0. The van der Waals surface area contributed by atoms with E-state index in [-0.39, 0.29) is 32.7 Å². The third-order valence-electron chi connectivity index (χ3n) is 5.20. The Labute approximate surface area is 175 Å². The van der Waals surface area contributed by atoms with Crippen LogP contribution in [0.4, 0.5) is 9.59 Å². The van der Waals surface area contributed by atoms with Gasteiger partial charge in [0.25, 0.3) is 0 Å². The van der Waals surface area contributed by atoms with E-state index < -0.39 is 41.3 Å². The lowest BCUT2D eigenvalue weighted by Gasteiger charge is -2.51. The zero-order valence-corrected chi connectivity index (χ0v) is 17.6. The number of hydrogen-bond donors (Lipinski definition) is 2. The molecule has 2 aliphatic heterocycles. The molecule has 0 saturated carbocycles. The van der Waals surface area contributed by atoms with E-state index in [0.717, 1.165) is 5.56 Å². The maximum Gasteiger partial charge on any atom is 0.410 e. The molecule has 9 nitrogen and oxygen atoms in total. The molecule has 2 saturated heterocycles. The normalized spacial score (nSPS) is 25.9. The summed E-state index contributed by atoms with van der Waals surface area (Å²) in [4.78, 5) is 39.1. The Bertz CT molecular complexity index is 778. The summed E-state index contributed by atoms with van der Waals surface area (Å²) >= 11 is 0. The van der Waals surface area contributed by atoms with Gasteiger partial charge in [-0.25, -0.2) is 9.59 Å². The first-order valence-corrected chi connectivity index (χ1v) is 9.97. The summed E-state index contributed by atoms with van der Waals surface area (Å²) in [6, 6.07) is 8.46. The van der Waals surface area contributed by atoms with Gasteiger partial charge in [-0.1, -0.05) is 30.3 Å². The van der Waals surface area contributed by atoms with Gasteiger partial charge in [0.1, 0.15) is 17.7 Å². The fraction of sp³-hybridized carbons (Fsp3) is 0.571. The van der Waals surface area contributed by atoms with Gasteiger partial charge in [0, 0.05) is 12.8 Å². The third-order valence-corrected chi connectivity index (χ3v) is 5.20. The number of nitrogens with one attached hydrogen (secondary N) is 1. The first-order valence-electron chi connectivity index (χ1n) is 9.97. The maximum atomic E-state index is 12.8. The number of carbonyl (C=O) groups is 3. The number of ether oxygens (including phenoxy) is 3. The second-order valence-electron chi connectivity index (χ2n) is 8.77. The molecule has 9 heteroatoms. The van der Waals surface area contributed by atoms with Crippen molar-refractivity contribution in [2.45, 2.75) is 63.4 Å². The fourth-order valence-corrected chi connectivity index (χ4v) is 3.96. The van der Waals surface area contributed by atoms with Gasteiger partial charge in [-0.2, -0.15) is 0 Å². The summed E-state index contributed by atoms with van der Waals surface area (Å²) in [5, 5.41) is 2.66. The minimum Gasteiger partial charge on any atom is -0.445 e. The number of benzene rings is 1. The van der Waals surface area contributed by atoms with E-state index in [1.807, 2.05) is 30.3 Å². The largest absolute Gasteiger partial charge is 0.445 e. The van der Waals surface area contributed by atoms with Crippen LogP contribution in [0.5, 0.6) is 0 Å². The predicted molar refractivity (Wildman–Crippen MR) is 107 cm³/mol. The minimum absolute atomic E-state index is 0.124. The topological polar surface area (TPSA) is 120 Å². The van der Waals surface area contributed by atoms with Crippen molar-refractivity contribution in [3.8, 4) is 0 Å². The molecule has 164 valence electrons. The van der Waals surface area contributed by atoms with Crippen molar-refractivity contribution in [1.29, 1.82) is 0 Å². The number of primary amides is 1. The molecule has 2 aliphatic rings. The van der Waals surface area contributed by atoms with E-state index in [0.29, 0.717) is 0 Å². The van der Waals surface area contributed by atoms with Crippen LogP contribution >= 0.6 is 0 Å². The lowest BCUT2D eigenvalue weighted by molar-refractivity contribution is -0.135. The highest BCUT2D eigenvalue weighted by Gasteiger charge is 2.53. The summed E-state index contributed by atoms with van der Waals surface area (Å²) in [5.74, 6) is -0.664. The van der Waals surface area contributed by atoms with Gasteiger partial charge in [0.15, 0.2) is 0 Å². The van der Waals surface area contributed by atoms with Gasteiger partial charge in [-0.15, -0.1) is 0 Å². The van der Waals surface area contributed by atoms with Crippen LogP contribution in [-0.4, -0.2) is 59.4 Å². The number of morpholine rings is 1. The second kappa shape index (κ2) is 8.51. The van der Waals surface area contributed by atoms with Gasteiger partial charge in [0.2, 0.25) is 5.91 Å². The zero-order chi connectivity index (χ0) is 21.9. The van der Waals surface area contributed by atoms with Gasteiger partial charge >= 0.3 is 12.2 Å². The van der Waals surface area contributed by atoms with E-state index in [1.165, 1.54) is 0 Å². The monoisotopic (exact) mass is 419 g/mol. The Morgan fingerprint density at radius 3 is 2.30 bits per heavy atom. The van der Waals surface area contributed by atoms with Gasteiger partial charge < -0.3 is 25.3 Å². The van der Waals surface area contributed by atoms with E-state index in [2.05, 4.69) is 5.32 Å². The summed E-state index contributed by atoms with van der Waals surface area (Å²) in [5.41, 5.74) is 4.53. The highest BCUT2D eigenvalue weighted by Crippen LogP contribution is 2.35. The third kappa shape index (κ3) is 5.02. The molecule has 1 aromatic carbocycles. The van der Waals surface area contributed by atoms with Gasteiger partial charge in [-0.3, -0.25) is 9.69 Å². The van der Waals surface area contributed by atoms with Crippen LogP contribution in [0.1, 0.15) is 39.2 Å². The summed E-state index contributed by atoms with van der Waals surface area (Å²) in [6.07, 6.45) is -0.954. The van der Waals surface area contributed by atoms with Crippen LogP contribution in [0.2, 0.25) is 0 Å². The molecule has 2 bridgehead atoms. The highest BCUT2D eigenvalue weighted by molar-refractivity contribution is 5.89. The quantitative estimate of drug-likeness (QED) is 0.769. The van der Waals surface area contributed by atoms with Crippen molar-refractivity contribution in [3.63, 3.8) is 0 Å². The average molecular weight is 419 g/mol. The van der Waals surface area contributed by atoms with Crippen molar-refractivity contribution < 1.29 is 28.6 Å². The number of fused-ring (bicyclic) bond motifs is 2. The number of alkyl carbamates (subject to hydrolysis) is 1. The van der Waals surface area contributed by atoms with Crippen molar-refractivity contribution in [2.75, 3.05) is 13.2 Å². The zero-order valence-electron chi connectivity index (χ0n) is 17.6. The molecule has 0 spiro atoms. The van der Waals surface area contributed by atoms with Crippen LogP contribution in [0.15, 0.2) is 30.3 Å². The fourth-order valence-electron chi connectivity index (χ4n) is 3.96. The van der Waals surface area contributed by atoms with E-state index in [9.17, 15) is 14.4 Å². The number of nitrogens with two attached hydrogens (primary N) is 1. The molecule has 2 atom stereocenters. The molecule has 30 heavy (non-hydrogen) atoms. The Balaban J connectivity index is 1.71. The number of amides is 3. The van der Waals surface area contributed by atoms with Crippen LogP contribution in [0, 0.1) is 0 Å². The van der Waals surface area contributed by atoms with Gasteiger partial charge in [0.05, 0.1) is 25.3 Å². The molecule has 3 amide bonds. The SMILES string of the molecule is CC(C)(C)OC(=O)NC1(C(N)=O)CC2COCC(C1)N2C(=O)OCc1ccccc1.